The zero-order chi connectivity index (χ0) is 14.0. The lowest BCUT2D eigenvalue weighted by Crippen LogP contribution is -1.95. The van der Waals surface area contributed by atoms with Gasteiger partial charge in [-0.3, -0.25) is 0 Å². The number of carboxylic acid groups (broad SMARTS) is 1. The number of thiazole rings is 1. The summed E-state index contributed by atoms with van der Waals surface area (Å²) in [6.07, 6.45) is 1.81. The van der Waals surface area contributed by atoms with Crippen molar-refractivity contribution in [3.63, 3.8) is 0 Å². The van der Waals surface area contributed by atoms with E-state index in [0.717, 1.165) is 16.9 Å². The van der Waals surface area contributed by atoms with Crippen LogP contribution in [0.4, 0.5) is 10.9 Å². The number of nitrogens with zero attached hydrogens (tertiary/aromatic N) is 2. The summed E-state index contributed by atoms with van der Waals surface area (Å²) in [6.45, 7) is 5.89. The van der Waals surface area contributed by atoms with Crippen molar-refractivity contribution in [3.8, 4) is 0 Å². The molecule has 0 fully saturated rings. The Kier molecular flexibility index (Phi) is 3.80. The minimum Gasteiger partial charge on any atom is -0.477 e. The smallest absolute Gasteiger partial charge is 0.347 e. The van der Waals surface area contributed by atoms with Gasteiger partial charge in [-0.15, -0.1) is 0 Å². The molecule has 0 atom stereocenters. The summed E-state index contributed by atoms with van der Waals surface area (Å²) in [4.78, 5) is 19.6. The fourth-order valence-electron chi connectivity index (χ4n) is 1.58. The van der Waals surface area contributed by atoms with E-state index in [2.05, 4.69) is 29.1 Å². The Labute approximate surface area is 115 Å². The van der Waals surface area contributed by atoms with Crippen LogP contribution in [0, 0.1) is 6.92 Å². The average molecular weight is 277 g/mol. The predicted octanol–water partition coefficient (Wildman–Crippen LogP) is 3.41. The first-order valence-corrected chi connectivity index (χ1v) is 6.72. The molecule has 2 N–H and O–H groups in total. The van der Waals surface area contributed by atoms with Gasteiger partial charge >= 0.3 is 5.97 Å². The number of carbonyl (C=O) groups is 1. The standard InChI is InChI=1S/C13H15N3O2S/c1-7(2)9-4-5-10(14-6-9)16-13-15-8(3)11(19-13)12(17)18/h4-7H,1-3H3,(H,17,18)(H,14,15,16). The van der Waals surface area contributed by atoms with Crippen LogP contribution in [0.3, 0.4) is 0 Å². The first-order chi connectivity index (χ1) is 8.97. The second-order valence-corrected chi connectivity index (χ2v) is 5.49. The number of pyridine rings is 1. The molecule has 2 rings (SSSR count). The van der Waals surface area contributed by atoms with Crippen molar-refractivity contribution in [2.75, 3.05) is 5.32 Å². The van der Waals surface area contributed by atoms with E-state index in [1.807, 2.05) is 18.3 Å². The number of nitrogens with one attached hydrogen (secondary N) is 1. The van der Waals surface area contributed by atoms with Crippen LogP contribution in [-0.2, 0) is 0 Å². The van der Waals surface area contributed by atoms with Gasteiger partial charge in [0.1, 0.15) is 10.7 Å². The number of carboxylic acids is 1. The SMILES string of the molecule is Cc1nc(Nc2ccc(C(C)C)cn2)sc1C(=O)O. The normalized spacial score (nSPS) is 10.7. The molecule has 5 nitrogen and oxygen atoms in total. The Morgan fingerprint density at radius 2 is 2.16 bits per heavy atom. The molecule has 0 bridgehead atoms. The molecule has 0 radical (unpaired) electrons. The summed E-state index contributed by atoms with van der Waals surface area (Å²) >= 11 is 1.11. The Balaban J connectivity index is 2.17. The molecule has 2 aromatic rings. The van der Waals surface area contributed by atoms with Crippen molar-refractivity contribution < 1.29 is 9.90 Å². The molecule has 0 aliphatic heterocycles. The van der Waals surface area contributed by atoms with Gasteiger partial charge in [-0.05, 0) is 24.5 Å². The second-order valence-electron chi connectivity index (χ2n) is 4.50. The average Bonchev–Trinajstić information content (AvgIpc) is 2.71. The predicted molar refractivity (Wildman–Crippen MR) is 75.4 cm³/mol. The number of aromatic carboxylic acids is 1. The van der Waals surface area contributed by atoms with Gasteiger partial charge < -0.3 is 10.4 Å². The molecule has 0 unspecified atom stereocenters. The summed E-state index contributed by atoms with van der Waals surface area (Å²) < 4.78 is 0. The molecule has 0 saturated heterocycles. The summed E-state index contributed by atoms with van der Waals surface area (Å²) in [6, 6.07) is 3.87. The van der Waals surface area contributed by atoms with E-state index in [1.54, 1.807) is 6.92 Å². The van der Waals surface area contributed by atoms with Crippen LogP contribution in [0.5, 0.6) is 0 Å². The molecule has 6 heteroatoms. The quantitative estimate of drug-likeness (QED) is 0.895. The van der Waals surface area contributed by atoms with E-state index in [-0.39, 0.29) is 4.88 Å². The molecule has 2 aromatic heterocycles. The third kappa shape index (κ3) is 3.08. The fourth-order valence-corrected chi connectivity index (χ4v) is 2.39. The van der Waals surface area contributed by atoms with Crippen LogP contribution in [0.1, 0.15) is 40.7 Å². The monoisotopic (exact) mass is 277 g/mol. The maximum Gasteiger partial charge on any atom is 0.347 e. The Morgan fingerprint density at radius 3 is 2.63 bits per heavy atom. The van der Waals surface area contributed by atoms with Gasteiger partial charge in [-0.1, -0.05) is 31.3 Å². The van der Waals surface area contributed by atoms with E-state index in [0.29, 0.717) is 22.6 Å². The van der Waals surface area contributed by atoms with Crippen LogP contribution in [0.2, 0.25) is 0 Å². The van der Waals surface area contributed by atoms with Crippen LogP contribution >= 0.6 is 11.3 Å². The molecule has 19 heavy (non-hydrogen) atoms. The maximum absolute atomic E-state index is 10.9. The molecule has 0 aliphatic carbocycles. The fraction of sp³-hybridized carbons (Fsp3) is 0.308. The van der Waals surface area contributed by atoms with Crippen molar-refractivity contribution >= 4 is 28.3 Å². The van der Waals surface area contributed by atoms with Gasteiger partial charge in [0.25, 0.3) is 0 Å². The molecule has 0 aromatic carbocycles. The lowest BCUT2D eigenvalue weighted by atomic mass is 10.1. The highest BCUT2D eigenvalue weighted by Crippen LogP contribution is 2.25. The lowest BCUT2D eigenvalue weighted by molar-refractivity contribution is 0.0701. The van der Waals surface area contributed by atoms with E-state index in [4.69, 9.17) is 5.11 Å². The number of hydrogen-bond donors (Lipinski definition) is 2. The minimum atomic E-state index is -0.953. The molecule has 0 spiro atoms. The van der Waals surface area contributed by atoms with Crippen LogP contribution < -0.4 is 5.32 Å². The minimum absolute atomic E-state index is 0.251. The Morgan fingerprint density at radius 1 is 1.42 bits per heavy atom. The van der Waals surface area contributed by atoms with E-state index in [9.17, 15) is 4.79 Å². The van der Waals surface area contributed by atoms with Gasteiger partial charge in [-0.2, -0.15) is 0 Å². The lowest BCUT2D eigenvalue weighted by Gasteiger charge is -2.06. The van der Waals surface area contributed by atoms with Crippen LogP contribution in [0.15, 0.2) is 18.3 Å². The maximum atomic E-state index is 10.9. The number of aryl methyl sites for hydroxylation is 1. The Bertz CT molecular complexity index is 590. The van der Waals surface area contributed by atoms with Gasteiger partial charge in [0.2, 0.25) is 0 Å². The van der Waals surface area contributed by atoms with Gasteiger partial charge in [0, 0.05) is 6.20 Å². The molecular formula is C13H15N3O2S. The van der Waals surface area contributed by atoms with Gasteiger partial charge in [-0.25, -0.2) is 14.8 Å². The first kappa shape index (κ1) is 13.5. The van der Waals surface area contributed by atoms with Crippen molar-refractivity contribution in [1.29, 1.82) is 0 Å². The molecule has 0 saturated carbocycles. The zero-order valence-corrected chi connectivity index (χ0v) is 11.8. The number of aromatic nitrogens is 2. The largest absolute Gasteiger partial charge is 0.477 e. The second kappa shape index (κ2) is 5.36. The number of anilines is 2. The third-order valence-corrected chi connectivity index (χ3v) is 3.74. The number of rotatable bonds is 4. The van der Waals surface area contributed by atoms with Crippen molar-refractivity contribution in [2.24, 2.45) is 0 Å². The third-order valence-electron chi connectivity index (χ3n) is 2.68. The van der Waals surface area contributed by atoms with E-state index in [1.165, 1.54) is 0 Å². The first-order valence-electron chi connectivity index (χ1n) is 5.91. The highest BCUT2D eigenvalue weighted by atomic mass is 32.1. The Hall–Kier alpha value is -1.95. The van der Waals surface area contributed by atoms with Gasteiger partial charge in [0.05, 0.1) is 5.69 Å². The van der Waals surface area contributed by atoms with E-state index >= 15 is 0 Å². The summed E-state index contributed by atoms with van der Waals surface area (Å²) in [5, 5.41) is 12.5. The molecule has 0 aliphatic rings. The number of hydrogen-bond acceptors (Lipinski definition) is 5. The molecular weight excluding hydrogens is 262 g/mol. The highest BCUT2D eigenvalue weighted by molar-refractivity contribution is 7.17. The topological polar surface area (TPSA) is 75.1 Å². The molecule has 100 valence electrons. The van der Waals surface area contributed by atoms with Crippen molar-refractivity contribution in [3.05, 3.63) is 34.5 Å². The summed E-state index contributed by atoms with van der Waals surface area (Å²) in [5.41, 5.74) is 1.67. The van der Waals surface area contributed by atoms with Crippen LogP contribution in [0.25, 0.3) is 0 Å². The van der Waals surface area contributed by atoms with E-state index < -0.39 is 5.97 Å². The summed E-state index contributed by atoms with van der Waals surface area (Å²) in [7, 11) is 0. The zero-order valence-electron chi connectivity index (χ0n) is 11.0. The van der Waals surface area contributed by atoms with Crippen molar-refractivity contribution in [1.82, 2.24) is 9.97 Å². The molecule has 2 heterocycles. The van der Waals surface area contributed by atoms with Crippen molar-refractivity contribution in [2.45, 2.75) is 26.7 Å². The highest BCUT2D eigenvalue weighted by Gasteiger charge is 2.14. The van der Waals surface area contributed by atoms with Gasteiger partial charge in [0.15, 0.2) is 5.13 Å². The summed E-state index contributed by atoms with van der Waals surface area (Å²) in [5.74, 6) is 0.142. The van der Waals surface area contributed by atoms with Crippen LogP contribution in [-0.4, -0.2) is 21.0 Å². The molecule has 0 amide bonds.